The van der Waals surface area contributed by atoms with Gasteiger partial charge in [-0.25, -0.2) is 4.79 Å². The van der Waals surface area contributed by atoms with Crippen LogP contribution in [0.1, 0.15) is 66.7 Å². The van der Waals surface area contributed by atoms with Crippen LogP contribution in [0.4, 0.5) is 0 Å². The van der Waals surface area contributed by atoms with Crippen LogP contribution >= 0.6 is 0 Å². The van der Waals surface area contributed by atoms with Gasteiger partial charge >= 0.3 is 5.97 Å². The van der Waals surface area contributed by atoms with Crippen molar-refractivity contribution < 1.29 is 33.8 Å². The highest BCUT2D eigenvalue weighted by Gasteiger charge is 2.40. The largest absolute Gasteiger partial charge is 0.467 e. The lowest BCUT2D eigenvalue weighted by atomic mass is 10.00. The van der Waals surface area contributed by atoms with E-state index >= 15 is 0 Å². The molecule has 1 aliphatic heterocycles. The lowest BCUT2D eigenvalue weighted by Gasteiger charge is -2.32. The van der Waals surface area contributed by atoms with E-state index in [1.165, 1.54) is 18.9 Å². The molecule has 1 aliphatic rings. The molecule has 4 N–H and O–H groups in total. The van der Waals surface area contributed by atoms with E-state index in [0.29, 0.717) is 25.8 Å². The van der Waals surface area contributed by atoms with Crippen LogP contribution in [-0.2, 0) is 28.7 Å². The zero-order valence-electron chi connectivity index (χ0n) is 22.6. The van der Waals surface area contributed by atoms with Crippen molar-refractivity contribution in [3.8, 4) is 6.07 Å². The van der Waals surface area contributed by atoms with Crippen molar-refractivity contribution in [1.82, 2.24) is 20.9 Å². The molecule has 1 unspecified atom stereocenters. The average molecular weight is 524 g/mol. The molecular formula is C25H41N5O7. The Morgan fingerprint density at radius 2 is 1.70 bits per heavy atom. The van der Waals surface area contributed by atoms with E-state index in [-0.39, 0.29) is 24.7 Å². The molecule has 0 spiro atoms. The van der Waals surface area contributed by atoms with Crippen LogP contribution in [0.2, 0.25) is 0 Å². The van der Waals surface area contributed by atoms with E-state index in [2.05, 4.69) is 16.0 Å². The summed E-state index contributed by atoms with van der Waals surface area (Å²) in [7, 11) is 1.25. The highest BCUT2D eigenvalue weighted by Crippen LogP contribution is 2.21. The molecule has 37 heavy (non-hydrogen) atoms. The monoisotopic (exact) mass is 523 g/mol. The van der Waals surface area contributed by atoms with Crippen LogP contribution in [0, 0.1) is 23.2 Å². The van der Waals surface area contributed by atoms with Gasteiger partial charge in [0, 0.05) is 13.5 Å². The van der Waals surface area contributed by atoms with E-state index in [1.54, 1.807) is 19.9 Å². The number of ether oxygens (including phenoxy) is 1. The predicted octanol–water partition coefficient (Wildman–Crippen LogP) is -0.00852. The van der Waals surface area contributed by atoms with Crippen molar-refractivity contribution >= 4 is 29.6 Å². The Bertz CT molecular complexity index is 870. The lowest BCUT2D eigenvalue weighted by molar-refractivity contribution is -0.147. The number of aliphatic hydroxyl groups is 1. The summed E-state index contributed by atoms with van der Waals surface area (Å²) in [5.74, 6) is -2.79. The van der Waals surface area contributed by atoms with Gasteiger partial charge in [0.1, 0.15) is 30.3 Å². The van der Waals surface area contributed by atoms with Gasteiger partial charge in [-0.15, -0.1) is 0 Å². The van der Waals surface area contributed by atoms with Crippen molar-refractivity contribution in [2.24, 2.45) is 11.8 Å². The van der Waals surface area contributed by atoms with Crippen LogP contribution in [0.15, 0.2) is 0 Å². The molecule has 1 heterocycles. The molecule has 5 atom stereocenters. The summed E-state index contributed by atoms with van der Waals surface area (Å²) in [4.78, 5) is 64.8. The molecule has 0 radical (unpaired) electrons. The van der Waals surface area contributed by atoms with Gasteiger partial charge in [0.05, 0.1) is 13.2 Å². The number of nitriles is 1. The minimum absolute atomic E-state index is 0.00133. The Morgan fingerprint density at radius 3 is 2.22 bits per heavy atom. The SMILES string of the molecule is COC(=O)[C@H](CC(C)C)NC(=O)[C@@H]1CCCN1C(=O)[C@@H](NC(=O)[C@H](CCC(O)C#N)NC(C)=O)C(C)C. The minimum atomic E-state index is -1.29. The van der Waals surface area contributed by atoms with E-state index in [0.717, 1.165) is 0 Å². The standard InChI is InChI=1S/C25H41N5O7/c1-14(2)12-19(25(36)37-6)28-23(34)20-8-7-11-30(20)24(35)21(15(3)4)29-22(33)18(27-16(5)31)10-9-17(32)13-26/h14-15,17-21,32H,7-12H2,1-6H3,(H,27,31)(H,28,34)(H,29,33)/t17?,18-,19-,20-,21-/m0/s1. The van der Waals surface area contributed by atoms with E-state index in [1.807, 2.05) is 13.8 Å². The number of esters is 1. The van der Waals surface area contributed by atoms with Gasteiger partial charge < -0.3 is 30.7 Å². The fourth-order valence-electron chi connectivity index (χ4n) is 4.25. The zero-order chi connectivity index (χ0) is 28.3. The van der Waals surface area contributed by atoms with Crippen LogP contribution in [0.25, 0.3) is 0 Å². The molecule has 1 saturated heterocycles. The van der Waals surface area contributed by atoms with E-state index in [9.17, 15) is 29.1 Å². The fourth-order valence-corrected chi connectivity index (χ4v) is 4.25. The molecule has 1 fully saturated rings. The van der Waals surface area contributed by atoms with Crippen LogP contribution in [-0.4, -0.2) is 83.5 Å². The Labute approximate surface area is 218 Å². The molecule has 12 heteroatoms. The smallest absolute Gasteiger partial charge is 0.328 e. The molecular weight excluding hydrogens is 482 g/mol. The summed E-state index contributed by atoms with van der Waals surface area (Å²) >= 11 is 0. The average Bonchev–Trinajstić information content (AvgIpc) is 3.32. The van der Waals surface area contributed by atoms with Gasteiger partial charge in [-0.3, -0.25) is 19.2 Å². The highest BCUT2D eigenvalue weighted by atomic mass is 16.5. The number of likely N-dealkylation sites (tertiary alicyclic amines) is 1. The van der Waals surface area contributed by atoms with Crippen molar-refractivity contribution in [3.05, 3.63) is 0 Å². The molecule has 208 valence electrons. The Hall–Kier alpha value is -3.20. The van der Waals surface area contributed by atoms with Gasteiger partial charge in [0.15, 0.2) is 0 Å². The third-order valence-electron chi connectivity index (χ3n) is 6.15. The van der Waals surface area contributed by atoms with E-state index < -0.39 is 59.9 Å². The second-order valence-electron chi connectivity index (χ2n) is 10.1. The number of hydrogen-bond donors (Lipinski definition) is 4. The van der Waals surface area contributed by atoms with Gasteiger partial charge in [0.2, 0.25) is 23.6 Å². The predicted molar refractivity (Wildman–Crippen MR) is 133 cm³/mol. The maximum absolute atomic E-state index is 13.5. The van der Waals surface area contributed by atoms with Crippen molar-refractivity contribution in [2.75, 3.05) is 13.7 Å². The first-order chi connectivity index (χ1) is 17.3. The molecule has 1 rings (SSSR count). The Balaban J connectivity index is 3.02. The number of amides is 4. The second-order valence-corrected chi connectivity index (χ2v) is 10.1. The maximum atomic E-state index is 13.5. The summed E-state index contributed by atoms with van der Waals surface area (Å²) in [5.41, 5.74) is 0. The van der Waals surface area contributed by atoms with Gasteiger partial charge in [0.25, 0.3) is 0 Å². The molecule has 0 aromatic heterocycles. The molecule has 0 aromatic rings. The number of carbonyl (C=O) groups excluding carboxylic acids is 5. The number of rotatable bonds is 13. The van der Waals surface area contributed by atoms with Gasteiger partial charge in [-0.1, -0.05) is 27.7 Å². The number of methoxy groups -OCH3 is 1. The first-order valence-corrected chi connectivity index (χ1v) is 12.7. The first kappa shape index (κ1) is 31.8. The molecule has 4 amide bonds. The van der Waals surface area contributed by atoms with Crippen molar-refractivity contribution in [2.45, 2.75) is 97.0 Å². The van der Waals surface area contributed by atoms with Crippen LogP contribution in [0.3, 0.4) is 0 Å². The number of nitrogens with zero attached hydrogens (tertiary/aromatic N) is 2. The van der Waals surface area contributed by atoms with Crippen molar-refractivity contribution in [3.63, 3.8) is 0 Å². The molecule has 0 aliphatic carbocycles. The summed E-state index contributed by atoms with van der Waals surface area (Å²) in [6, 6.07) is -2.01. The molecule has 0 saturated carbocycles. The summed E-state index contributed by atoms with van der Waals surface area (Å²) in [6.07, 6.45) is 0.0391. The Kier molecular flexibility index (Phi) is 13.0. The summed E-state index contributed by atoms with van der Waals surface area (Å²) in [5, 5.41) is 26.2. The van der Waals surface area contributed by atoms with Gasteiger partial charge in [-0.2, -0.15) is 5.26 Å². The van der Waals surface area contributed by atoms with Crippen LogP contribution in [0.5, 0.6) is 0 Å². The quantitative estimate of drug-likeness (QED) is 0.192. The van der Waals surface area contributed by atoms with Gasteiger partial charge in [-0.05, 0) is 43.9 Å². The zero-order valence-corrected chi connectivity index (χ0v) is 22.6. The molecule has 0 bridgehead atoms. The Morgan fingerprint density at radius 1 is 1.05 bits per heavy atom. The minimum Gasteiger partial charge on any atom is -0.467 e. The fraction of sp³-hybridized carbons (Fsp3) is 0.760. The van der Waals surface area contributed by atoms with E-state index in [4.69, 9.17) is 10.00 Å². The summed E-state index contributed by atoms with van der Waals surface area (Å²) < 4.78 is 4.81. The van der Waals surface area contributed by atoms with Crippen molar-refractivity contribution in [1.29, 1.82) is 5.26 Å². The lowest BCUT2D eigenvalue weighted by Crippen LogP contribution is -2.58. The second kappa shape index (κ2) is 15.1. The number of nitrogens with one attached hydrogen (secondary N) is 3. The summed E-state index contributed by atoms with van der Waals surface area (Å²) in [6.45, 7) is 8.87. The highest BCUT2D eigenvalue weighted by molar-refractivity contribution is 5.95. The topological polar surface area (TPSA) is 178 Å². The third kappa shape index (κ3) is 9.99. The maximum Gasteiger partial charge on any atom is 0.328 e. The number of aliphatic hydroxyl groups excluding tert-OH is 1. The third-order valence-corrected chi connectivity index (χ3v) is 6.15. The normalized spacial score (nSPS) is 18.4. The number of carbonyl (C=O) groups is 5. The number of hydrogen-bond acceptors (Lipinski definition) is 8. The first-order valence-electron chi connectivity index (χ1n) is 12.7. The van der Waals surface area contributed by atoms with Crippen LogP contribution < -0.4 is 16.0 Å². The molecule has 0 aromatic carbocycles. The molecule has 12 nitrogen and oxygen atoms in total.